The summed E-state index contributed by atoms with van der Waals surface area (Å²) >= 11 is 0. The number of carbonyl (C=O) groups excluding carboxylic acids is 1. The van der Waals surface area contributed by atoms with E-state index in [1.54, 1.807) is 6.20 Å². The lowest BCUT2D eigenvalue weighted by Crippen LogP contribution is -2.19. The number of aromatic nitrogens is 2. The third-order valence-electron chi connectivity index (χ3n) is 4.64. The summed E-state index contributed by atoms with van der Waals surface area (Å²) in [6.45, 7) is 1.46. The topological polar surface area (TPSA) is 78.9 Å². The SMILES string of the molecule is O=C(CCNc1ccnc(NCC2CCCCC2)n1)Nc1ccccc1. The summed E-state index contributed by atoms with van der Waals surface area (Å²) in [4.78, 5) is 20.7. The highest BCUT2D eigenvalue weighted by atomic mass is 16.1. The van der Waals surface area contributed by atoms with E-state index in [1.165, 1.54) is 32.1 Å². The first kappa shape index (κ1) is 18.2. The number of benzene rings is 1. The van der Waals surface area contributed by atoms with Crippen LogP contribution in [-0.4, -0.2) is 29.0 Å². The zero-order chi connectivity index (χ0) is 18.0. The predicted octanol–water partition coefficient (Wildman–Crippen LogP) is 3.91. The molecule has 1 aliphatic carbocycles. The number of nitrogens with one attached hydrogen (secondary N) is 3. The number of anilines is 3. The van der Waals surface area contributed by atoms with Gasteiger partial charge in [0.2, 0.25) is 11.9 Å². The molecule has 26 heavy (non-hydrogen) atoms. The number of nitrogens with zero attached hydrogens (tertiary/aromatic N) is 2. The Kier molecular flexibility index (Phi) is 6.81. The van der Waals surface area contributed by atoms with Crippen LogP contribution < -0.4 is 16.0 Å². The number of para-hydroxylation sites is 1. The maximum atomic E-state index is 12.0. The lowest BCUT2D eigenvalue weighted by molar-refractivity contribution is -0.115. The molecule has 6 heteroatoms. The molecular weight excluding hydrogens is 326 g/mol. The van der Waals surface area contributed by atoms with Crippen LogP contribution in [0.25, 0.3) is 0 Å². The van der Waals surface area contributed by atoms with E-state index < -0.39 is 0 Å². The normalized spacial score (nSPS) is 14.6. The van der Waals surface area contributed by atoms with Gasteiger partial charge in [0.25, 0.3) is 0 Å². The first-order valence-corrected chi connectivity index (χ1v) is 9.45. The molecule has 138 valence electrons. The quantitative estimate of drug-likeness (QED) is 0.670. The average molecular weight is 353 g/mol. The highest BCUT2D eigenvalue weighted by Gasteiger charge is 2.13. The fraction of sp³-hybridized carbons (Fsp3) is 0.450. The Bertz CT molecular complexity index is 686. The van der Waals surface area contributed by atoms with Crippen LogP contribution in [0.1, 0.15) is 38.5 Å². The van der Waals surface area contributed by atoms with Crippen LogP contribution in [0, 0.1) is 5.92 Å². The smallest absolute Gasteiger partial charge is 0.226 e. The van der Waals surface area contributed by atoms with Crippen LogP contribution in [0.5, 0.6) is 0 Å². The molecule has 0 radical (unpaired) electrons. The van der Waals surface area contributed by atoms with Crippen LogP contribution in [-0.2, 0) is 4.79 Å². The van der Waals surface area contributed by atoms with Crippen LogP contribution in [0.3, 0.4) is 0 Å². The summed E-state index contributed by atoms with van der Waals surface area (Å²) in [7, 11) is 0. The first-order chi connectivity index (χ1) is 12.8. The van der Waals surface area contributed by atoms with Crippen molar-refractivity contribution >= 4 is 23.4 Å². The molecule has 2 aromatic rings. The lowest BCUT2D eigenvalue weighted by Gasteiger charge is -2.21. The minimum absolute atomic E-state index is 0.0200. The van der Waals surface area contributed by atoms with Gasteiger partial charge in [-0.15, -0.1) is 0 Å². The minimum atomic E-state index is -0.0200. The van der Waals surface area contributed by atoms with Gasteiger partial charge >= 0.3 is 0 Å². The van der Waals surface area contributed by atoms with Gasteiger partial charge in [-0.3, -0.25) is 4.79 Å². The molecule has 1 aromatic carbocycles. The molecule has 0 bridgehead atoms. The zero-order valence-corrected chi connectivity index (χ0v) is 15.1. The standard InChI is InChI=1S/C20H27N5O/c26-19(24-17-9-5-2-6-10-17)12-14-21-18-11-13-22-20(25-18)23-15-16-7-3-1-4-8-16/h2,5-6,9-11,13,16H,1,3-4,7-8,12,14-15H2,(H,24,26)(H2,21,22,23,25). The van der Waals surface area contributed by atoms with E-state index in [2.05, 4.69) is 25.9 Å². The second kappa shape index (κ2) is 9.75. The molecule has 0 saturated heterocycles. The highest BCUT2D eigenvalue weighted by molar-refractivity contribution is 5.90. The van der Waals surface area contributed by atoms with Crippen molar-refractivity contribution in [2.75, 3.05) is 29.0 Å². The predicted molar refractivity (Wildman–Crippen MR) is 105 cm³/mol. The number of hydrogen-bond acceptors (Lipinski definition) is 5. The second-order valence-corrected chi connectivity index (χ2v) is 6.74. The second-order valence-electron chi connectivity index (χ2n) is 6.74. The van der Waals surface area contributed by atoms with Gasteiger partial charge in [0, 0.05) is 31.4 Å². The van der Waals surface area contributed by atoms with Crippen molar-refractivity contribution in [1.29, 1.82) is 0 Å². The molecule has 0 unspecified atom stereocenters. The summed E-state index contributed by atoms with van der Waals surface area (Å²) in [6.07, 6.45) is 8.74. The zero-order valence-electron chi connectivity index (χ0n) is 15.1. The minimum Gasteiger partial charge on any atom is -0.369 e. The van der Waals surface area contributed by atoms with Gasteiger partial charge in [-0.1, -0.05) is 37.5 Å². The summed E-state index contributed by atoms with van der Waals surface area (Å²) < 4.78 is 0. The van der Waals surface area contributed by atoms with Crippen molar-refractivity contribution in [1.82, 2.24) is 9.97 Å². The fourth-order valence-corrected chi connectivity index (χ4v) is 3.22. The molecule has 0 atom stereocenters. The van der Waals surface area contributed by atoms with E-state index in [4.69, 9.17) is 0 Å². The van der Waals surface area contributed by atoms with E-state index in [0.717, 1.165) is 24.0 Å². The molecular formula is C20H27N5O. The van der Waals surface area contributed by atoms with Gasteiger partial charge in [-0.25, -0.2) is 4.98 Å². The maximum Gasteiger partial charge on any atom is 0.226 e. The number of amides is 1. The summed E-state index contributed by atoms with van der Waals surface area (Å²) in [5, 5.41) is 9.41. The molecule has 3 rings (SSSR count). The Labute approximate surface area is 154 Å². The maximum absolute atomic E-state index is 12.0. The monoisotopic (exact) mass is 353 g/mol. The fourth-order valence-electron chi connectivity index (χ4n) is 3.22. The van der Waals surface area contributed by atoms with E-state index in [9.17, 15) is 4.79 Å². The Morgan fingerprint density at radius 3 is 2.65 bits per heavy atom. The Balaban J connectivity index is 1.39. The van der Waals surface area contributed by atoms with E-state index in [1.807, 2.05) is 36.4 Å². The molecule has 1 heterocycles. The molecule has 6 nitrogen and oxygen atoms in total. The number of hydrogen-bond donors (Lipinski definition) is 3. The van der Waals surface area contributed by atoms with Crippen molar-refractivity contribution < 1.29 is 4.79 Å². The third kappa shape index (κ3) is 6.02. The van der Waals surface area contributed by atoms with Crippen LogP contribution >= 0.6 is 0 Å². The number of rotatable bonds is 8. The molecule has 0 spiro atoms. The van der Waals surface area contributed by atoms with Gasteiger partial charge in [-0.2, -0.15) is 4.98 Å². The summed E-state index contributed by atoms with van der Waals surface area (Å²) in [6, 6.07) is 11.3. The average Bonchev–Trinajstić information content (AvgIpc) is 2.68. The Morgan fingerprint density at radius 1 is 1.04 bits per heavy atom. The highest BCUT2D eigenvalue weighted by Crippen LogP contribution is 2.23. The molecule has 1 amide bonds. The van der Waals surface area contributed by atoms with E-state index in [0.29, 0.717) is 18.9 Å². The van der Waals surface area contributed by atoms with Crippen molar-refractivity contribution in [3.05, 3.63) is 42.6 Å². The van der Waals surface area contributed by atoms with E-state index in [-0.39, 0.29) is 5.91 Å². The molecule has 1 aromatic heterocycles. The molecule has 0 aliphatic heterocycles. The van der Waals surface area contributed by atoms with Crippen LogP contribution in [0.15, 0.2) is 42.6 Å². The Morgan fingerprint density at radius 2 is 1.85 bits per heavy atom. The molecule has 1 fully saturated rings. The van der Waals surface area contributed by atoms with Gasteiger partial charge in [0.05, 0.1) is 0 Å². The van der Waals surface area contributed by atoms with Crippen molar-refractivity contribution in [3.8, 4) is 0 Å². The lowest BCUT2D eigenvalue weighted by atomic mass is 9.89. The van der Waals surface area contributed by atoms with Crippen molar-refractivity contribution in [3.63, 3.8) is 0 Å². The van der Waals surface area contributed by atoms with Crippen molar-refractivity contribution in [2.45, 2.75) is 38.5 Å². The summed E-state index contributed by atoms with van der Waals surface area (Å²) in [5.74, 6) is 2.09. The number of carbonyl (C=O) groups is 1. The van der Waals surface area contributed by atoms with Gasteiger partial charge in [-0.05, 0) is 37.0 Å². The molecule has 1 saturated carbocycles. The van der Waals surface area contributed by atoms with Crippen molar-refractivity contribution in [2.24, 2.45) is 5.92 Å². The van der Waals surface area contributed by atoms with Gasteiger partial charge in [0.15, 0.2) is 0 Å². The van der Waals surface area contributed by atoms with Gasteiger partial charge < -0.3 is 16.0 Å². The summed E-state index contributed by atoms with van der Waals surface area (Å²) in [5.41, 5.74) is 0.814. The van der Waals surface area contributed by atoms with Crippen LogP contribution in [0.2, 0.25) is 0 Å². The Hall–Kier alpha value is -2.63. The molecule has 3 N–H and O–H groups in total. The molecule has 1 aliphatic rings. The first-order valence-electron chi connectivity index (χ1n) is 9.45. The van der Waals surface area contributed by atoms with Crippen LogP contribution in [0.4, 0.5) is 17.5 Å². The third-order valence-corrected chi connectivity index (χ3v) is 4.64. The van der Waals surface area contributed by atoms with E-state index >= 15 is 0 Å². The van der Waals surface area contributed by atoms with Gasteiger partial charge in [0.1, 0.15) is 5.82 Å². The largest absolute Gasteiger partial charge is 0.369 e.